The first-order chi connectivity index (χ1) is 11.1. The predicted octanol–water partition coefficient (Wildman–Crippen LogP) is 2.75. The number of nitrogens with zero attached hydrogens (tertiary/aromatic N) is 3. The van der Waals surface area contributed by atoms with Crippen LogP contribution in [0.25, 0.3) is 0 Å². The highest BCUT2D eigenvalue weighted by atomic mass is 16.2. The normalized spacial score (nSPS) is 18.2. The summed E-state index contributed by atoms with van der Waals surface area (Å²) in [7, 11) is 2.03. The molecule has 1 unspecified atom stereocenters. The fourth-order valence-corrected chi connectivity index (χ4v) is 3.30. The molecule has 4 nitrogen and oxygen atoms in total. The first kappa shape index (κ1) is 15.8. The average molecular weight is 311 g/mol. The van der Waals surface area contributed by atoms with Crippen molar-refractivity contribution in [1.29, 1.82) is 0 Å². The predicted molar refractivity (Wildman–Crippen MR) is 91.1 cm³/mol. The van der Waals surface area contributed by atoms with Crippen molar-refractivity contribution < 1.29 is 4.79 Å². The zero-order valence-corrected chi connectivity index (χ0v) is 14.0. The van der Waals surface area contributed by atoms with E-state index in [2.05, 4.69) is 40.7 Å². The second-order valence-corrected chi connectivity index (χ2v) is 6.67. The van der Waals surface area contributed by atoms with Crippen LogP contribution in [0.5, 0.6) is 0 Å². The summed E-state index contributed by atoms with van der Waals surface area (Å²) in [6, 6.07) is 8.26. The lowest BCUT2D eigenvalue weighted by atomic mass is 9.94. The Bertz CT molecular complexity index is 660. The molecule has 1 aromatic heterocycles. The highest BCUT2D eigenvalue weighted by Gasteiger charge is 2.24. The Morgan fingerprint density at radius 1 is 1.30 bits per heavy atom. The molecular weight excluding hydrogens is 286 g/mol. The number of likely N-dealkylation sites (tertiary alicyclic amines) is 1. The molecule has 0 saturated carbocycles. The van der Waals surface area contributed by atoms with Gasteiger partial charge in [-0.1, -0.05) is 29.8 Å². The van der Waals surface area contributed by atoms with Gasteiger partial charge in [0.2, 0.25) is 5.91 Å². The van der Waals surface area contributed by atoms with Crippen molar-refractivity contribution in [2.24, 2.45) is 13.0 Å². The van der Waals surface area contributed by atoms with Crippen molar-refractivity contribution in [1.82, 2.24) is 14.5 Å². The topological polar surface area (TPSA) is 38.1 Å². The molecule has 1 aromatic carbocycles. The Morgan fingerprint density at radius 3 is 2.78 bits per heavy atom. The smallest absolute Gasteiger partial charge is 0.226 e. The maximum Gasteiger partial charge on any atom is 0.226 e. The molecule has 1 fully saturated rings. The summed E-state index contributed by atoms with van der Waals surface area (Å²) < 4.78 is 2.08. The van der Waals surface area contributed by atoms with E-state index in [4.69, 9.17) is 0 Å². The Balaban J connectivity index is 1.58. The van der Waals surface area contributed by atoms with Gasteiger partial charge in [0.05, 0.1) is 6.42 Å². The van der Waals surface area contributed by atoms with Crippen LogP contribution in [0.1, 0.15) is 29.8 Å². The fourth-order valence-electron chi connectivity index (χ4n) is 3.30. The molecule has 1 atom stereocenters. The van der Waals surface area contributed by atoms with Gasteiger partial charge in [0.1, 0.15) is 5.82 Å². The first-order valence-electron chi connectivity index (χ1n) is 8.41. The van der Waals surface area contributed by atoms with Crippen LogP contribution in [0.15, 0.2) is 36.7 Å². The maximum absolute atomic E-state index is 12.6. The molecule has 2 aromatic rings. The molecule has 1 saturated heterocycles. The van der Waals surface area contributed by atoms with E-state index in [0.29, 0.717) is 12.3 Å². The molecule has 122 valence electrons. The Hall–Kier alpha value is -2.10. The number of aromatic nitrogens is 2. The summed E-state index contributed by atoms with van der Waals surface area (Å²) in [5.74, 6) is 1.88. The molecule has 3 rings (SSSR count). The number of imidazole rings is 1. The van der Waals surface area contributed by atoms with Gasteiger partial charge in [-0.2, -0.15) is 0 Å². The second-order valence-electron chi connectivity index (χ2n) is 6.67. The standard InChI is InChI=1S/C19H25N3O/c1-15-5-7-16(8-6-15)13-19(23)22-10-3-4-17(14-22)12-18-20-9-11-21(18)2/h5-9,11,17H,3-4,10,12-14H2,1-2H3. The number of hydrogen-bond donors (Lipinski definition) is 0. The minimum Gasteiger partial charge on any atom is -0.342 e. The van der Waals surface area contributed by atoms with E-state index in [9.17, 15) is 4.79 Å². The number of hydrogen-bond acceptors (Lipinski definition) is 2. The number of carbonyl (C=O) groups is 1. The quantitative estimate of drug-likeness (QED) is 0.871. The molecule has 0 aliphatic carbocycles. The van der Waals surface area contributed by atoms with Gasteiger partial charge in [-0.15, -0.1) is 0 Å². The lowest BCUT2D eigenvalue weighted by Crippen LogP contribution is -2.41. The summed E-state index contributed by atoms with van der Waals surface area (Å²) in [6.45, 7) is 3.82. The van der Waals surface area contributed by atoms with Crippen LogP contribution in [-0.4, -0.2) is 33.4 Å². The Morgan fingerprint density at radius 2 is 2.09 bits per heavy atom. The van der Waals surface area contributed by atoms with Gasteiger partial charge >= 0.3 is 0 Å². The van der Waals surface area contributed by atoms with Crippen molar-refractivity contribution in [3.05, 3.63) is 53.6 Å². The van der Waals surface area contributed by atoms with Crippen LogP contribution in [0, 0.1) is 12.8 Å². The molecule has 0 spiro atoms. The minimum absolute atomic E-state index is 0.249. The molecule has 1 aliphatic heterocycles. The Kier molecular flexibility index (Phi) is 4.79. The van der Waals surface area contributed by atoms with Crippen LogP contribution in [0.4, 0.5) is 0 Å². The number of rotatable bonds is 4. The Labute approximate surface area is 138 Å². The van der Waals surface area contributed by atoms with Crippen LogP contribution in [0.2, 0.25) is 0 Å². The fraction of sp³-hybridized carbons (Fsp3) is 0.474. The lowest BCUT2D eigenvalue weighted by molar-refractivity contribution is -0.132. The third kappa shape index (κ3) is 4.01. The maximum atomic E-state index is 12.6. The van der Waals surface area contributed by atoms with Gasteiger partial charge in [0, 0.05) is 39.0 Å². The number of amides is 1. The van der Waals surface area contributed by atoms with Crippen molar-refractivity contribution in [3.63, 3.8) is 0 Å². The van der Waals surface area contributed by atoms with Crippen molar-refractivity contribution in [2.45, 2.75) is 32.6 Å². The summed E-state index contributed by atoms with van der Waals surface area (Å²) in [6.07, 6.45) is 7.57. The molecule has 2 heterocycles. The summed E-state index contributed by atoms with van der Waals surface area (Å²) >= 11 is 0. The molecular formula is C19H25N3O. The number of piperidine rings is 1. The highest BCUT2D eigenvalue weighted by Crippen LogP contribution is 2.21. The molecule has 4 heteroatoms. The van der Waals surface area contributed by atoms with Gasteiger partial charge in [0.15, 0.2) is 0 Å². The summed E-state index contributed by atoms with van der Waals surface area (Å²) in [4.78, 5) is 19.0. The first-order valence-corrected chi connectivity index (χ1v) is 8.41. The monoisotopic (exact) mass is 311 g/mol. The van der Waals surface area contributed by atoms with E-state index in [1.807, 2.05) is 24.3 Å². The largest absolute Gasteiger partial charge is 0.342 e. The van der Waals surface area contributed by atoms with Crippen LogP contribution < -0.4 is 0 Å². The van der Waals surface area contributed by atoms with Gasteiger partial charge in [-0.25, -0.2) is 4.98 Å². The zero-order chi connectivity index (χ0) is 16.2. The van der Waals surface area contributed by atoms with Crippen molar-refractivity contribution in [2.75, 3.05) is 13.1 Å². The number of carbonyl (C=O) groups excluding carboxylic acids is 1. The molecule has 0 bridgehead atoms. The van der Waals surface area contributed by atoms with Crippen LogP contribution in [-0.2, 0) is 24.7 Å². The molecule has 0 radical (unpaired) electrons. The van der Waals surface area contributed by atoms with E-state index < -0.39 is 0 Å². The van der Waals surface area contributed by atoms with Gasteiger partial charge in [-0.05, 0) is 31.2 Å². The summed E-state index contributed by atoms with van der Waals surface area (Å²) in [5, 5.41) is 0. The lowest BCUT2D eigenvalue weighted by Gasteiger charge is -2.32. The van der Waals surface area contributed by atoms with Gasteiger partial charge < -0.3 is 9.47 Å². The molecule has 1 amide bonds. The van der Waals surface area contributed by atoms with Gasteiger partial charge in [-0.3, -0.25) is 4.79 Å². The van der Waals surface area contributed by atoms with Crippen molar-refractivity contribution in [3.8, 4) is 0 Å². The van der Waals surface area contributed by atoms with E-state index in [1.165, 1.54) is 12.0 Å². The van der Waals surface area contributed by atoms with E-state index in [1.54, 1.807) is 0 Å². The van der Waals surface area contributed by atoms with Crippen molar-refractivity contribution >= 4 is 5.91 Å². The SMILES string of the molecule is Cc1ccc(CC(=O)N2CCCC(Cc3nccn3C)C2)cc1. The molecule has 1 aliphatic rings. The van der Waals surface area contributed by atoms with Crippen LogP contribution >= 0.6 is 0 Å². The second kappa shape index (κ2) is 6.99. The third-order valence-corrected chi connectivity index (χ3v) is 4.74. The highest BCUT2D eigenvalue weighted by molar-refractivity contribution is 5.78. The van der Waals surface area contributed by atoms with Crippen LogP contribution in [0.3, 0.4) is 0 Å². The summed E-state index contributed by atoms with van der Waals surface area (Å²) in [5.41, 5.74) is 2.33. The minimum atomic E-state index is 0.249. The average Bonchev–Trinajstić information content (AvgIpc) is 2.95. The molecule has 0 N–H and O–H groups in total. The van der Waals surface area contributed by atoms with E-state index >= 15 is 0 Å². The zero-order valence-electron chi connectivity index (χ0n) is 14.0. The number of aryl methyl sites for hydroxylation is 2. The third-order valence-electron chi connectivity index (χ3n) is 4.74. The molecule has 23 heavy (non-hydrogen) atoms. The number of benzene rings is 1. The van der Waals surface area contributed by atoms with E-state index in [0.717, 1.165) is 37.3 Å². The van der Waals surface area contributed by atoms with E-state index in [-0.39, 0.29) is 5.91 Å². The van der Waals surface area contributed by atoms with Gasteiger partial charge in [0.25, 0.3) is 0 Å².